The topological polar surface area (TPSA) is 38.8 Å². The van der Waals surface area contributed by atoms with Gasteiger partial charge in [-0.05, 0) is 37.7 Å². The van der Waals surface area contributed by atoms with Crippen molar-refractivity contribution in [2.24, 2.45) is 0 Å². The number of nitrogens with zero attached hydrogens (tertiary/aromatic N) is 1. The van der Waals surface area contributed by atoms with E-state index in [1.165, 1.54) is 0 Å². The average Bonchev–Trinajstić information content (AvgIpc) is 2.37. The van der Waals surface area contributed by atoms with Gasteiger partial charge >= 0.3 is 0 Å². The molecule has 0 amide bonds. The van der Waals surface area contributed by atoms with E-state index >= 15 is 0 Å². The highest BCUT2D eigenvalue weighted by Gasteiger charge is 2.26. The lowest BCUT2D eigenvalue weighted by Gasteiger charge is -2.29. The Bertz CT molecular complexity index is 445. The molecule has 0 radical (unpaired) electrons. The van der Waals surface area contributed by atoms with Gasteiger partial charge in [0.05, 0.1) is 13.7 Å². The number of methoxy groups -OCH3 is 1. The maximum atomic E-state index is 12.4. The number of ether oxygens (including phenoxy) is 2. The standard InChI is InChI=1S/C14H19NO3/c1-10-8-11(17-3)4-5-12(10)14(16)13-9-15(2)6-7-18-13/h4-5,8,13H,6-7,9H2,1-3H3. The van der Waals surface area contributed by atoms with Crippen molar-refractivity contribution in [3.63, 3.8) is 0 Å². The van der Waals surface area contributed by atoms with Crippen molar-refractivity contribution in [2.75, 3.05) is 33.9 Å². The van der Waals surface area contributed by atoms with E-state index in [1.54, 1.807) is 7.11 Å². The Hall–Kier alpha value is -1.39. The number of benzene rings is 1. The van der Waals surface area contributed by atoms with Crippen molar-refractivity contribution < 1.29 is 14.3 Å². The molecule has 0 aliphatic carbocycles. The van der Waals surface area contributed by atoms with Crippen LogP contribution in [0, 0.1) is 6.92 Å². The van der Waals surface area contributed by atoms with Crippen molar-refractivity contribution >= 4 is 5.78 Å². The second kappa shape index (κ2) is 5.50. The summed E-state index contributed by atoms with van der Waals surface area (Å²) in [5.41, 5.74) is 1.65. The molecule has 98 valence electrons. The predicted molar refractivity (Wildman–Crippen MR) is 69.3 cm³/mol. The van der Waals surface area contributed by atoms with E-state index in [1.807, 2.05) is 32.2 Å². The number of carbonyl (C=O) groups excluding carboxylic acids is 1. The van der Waals surface area contributed by atoms with Crippen LogP contribution >= 0.6 is 0 Å². The van der Waals surface area contributed by atoms with Crippen molar-refractivity contribution in [3.05, 3.63) is 29.3 Å². The molecule has 0 bridgehead atoms. The SMILES string of the molecule is COc1ccc(C(=O)C2CN(C)CCO2)c(C)c1. The Morgan fingerprint density at radius 3 is 2.89 bits per heavy atom. The van der Waals surface area contributed by atoms with Crippen LogP contribution in [0.25, 0.3) is 0 Å². The van der Waals surface area contributed by atoms with Crippen molar-refractivity contribution in [1.29, 1.82) is 0 Å². The van der Waals surface area contributed by atoms with Crippen LogP contribution in [0.15, 0.2) is 18.2 Å². The van der Waals surface area contributed by atoms with Gasteiger partial charge in [0.2, 0.25) is 0 Å². The highest BCUT2D eigenvalue weighted by atomic mass is 16.5. The van der Waals surface area contributed by atoms with E-state index in [9.17, 15) is 4.79 Å². The molecule has 1 aliphatic heterocycles. The van der Waals surface area contributed by atoms with E-state index in [0.29, 0.717) is 13.2 Å². The number of Topliss-reactive ketones (excluding diaryl/α,β-unsaturated/α-hetero) is 1. The molecule has 0 spiro atoms. The van der Waals surface area contributed by atoms with Crippen LogP contribution in [-0.2, 0) is 4.74 Å². The summed E-state index contributed by atoms with van der Waals surface area (Å²) in [6, 6.07) is 5.50. The Labute approximate surface area is 107 Å². The Balaban J connectivity index is 2.17. The second-order valence-electron chi connectivity index (χ2n) is 4.67. The van der Waals surface area contributed by atoms with Gasteiger partial charge in [0, 0.05) is 18.7 Å². The maximum Gasteiger partial charge on any atom is 0.193 e. The molecule has 4 nitrogen and oxygen atoms in total. The van der Waals surface area contributed by atoms with Crippen molar-refractivity contribution in [3.8, 4) is 5.75 Å². The van der Waals surface area contributed by atoms with Crippen molar-refractivity contribution in [2.45, 2.75) is 13.0 Å². The van der Waals surface area contributed by atoms with Gasteiger partial charge in [-0.15, -0.1) is 0 Å². The Morgan fingerprint density at radius 2 is 2.28 bits per heavy atom. The monoisotopic (exact) mass is 249 g/mol. The highest BCUT2D eigenvalue weighted by Crippen LogP contribution is 2.20. The first kappa shape index (κ1) is 13.1. The number of rotatable bonds is 3. The number of morpholine rings is 1. The molecule has 1 heterocycles. The van der Waals surface area contributed by atoms with Gasteiger partial charge in [0.25, 0.3) is 0 Å². The van der Waals surface area contributed by atoms with Gasteiger partial charge in [-0.3, -0.25) is 4.79 Å². The van der Waals surface area contributed by atoms with Crippen LogP contribution in [0.2, 0.25) is 0 Å². The summed E-state index contributed by atoms with van der Waals surface area (Å²) < 4.78 is 10.7. The van der Waals surface area contributed by atoms with E-state index in [0.717, 1.165) is 23.4 Å². The number of carbonyl (C=O) groups is 1. The molecule has 0 aromatic heterocycles. The minimum absolute atomic E-state index is 0.0571. The molecular weight excluding hydrogens is 230 g/mol. The van der Waals surface area contributed by atoms with Crippen LogP contribution < -0.4 is 4.74 Å². The first-order valence-electron chi connectivity index (χ1n) is 6.11. The zero-order valence-corrected chi connectivity index (χ0v) is 11.1. The number of likely N-dealkylation sites (N-methyl/N-ethyl adjacent to an activating group) is 1. The minimum Gasteiger partial charge on any atom is -0.497 e. The lowest BCUT2D eigenvalue weighted by molar-refractivity contribution is -0.00866. The molecule has 2 rings (SSSR count). The zero-order valence-electron chi connectivity index (χ0n) is 11.1. The van der Waals surface area contributed by atoms with E-state index in [-0.39, 0.29) is 11.9 Å². The summed E-state index contributed by atoms with van der Waals surface area (Å²) in [6.07, 6.45) is -0.351. The number of aryl methyl sites for hydroxylation is 1. The van der Waals surface area contributed by atoms with Crippen LogP contribution in [0.1, 0.15) is 15.9 Å². The fourth-order valence-corrected chi connectivity index (χ4v) is 2.15. The molecular formula is C14H19NO3. The van der Waals surface area contributed by atoms with Gasteiger partial charge in [-0.2, -0.15) is 0 Å². The molecule has 1 saturated heterocycles. The molecule has 1 fully saturated rings. The fourth-order valence-electron chi connectivity index (χ4n) is 2.15. The number of hydrogen-bond donors (Lipinski definition) is 0. The quantitative estimate of drug-likeness (QED) is 0.761. The second-order valence-corrected chi connectivity index (χ2v) is 4.67. The predicted octanol–water partition coefficient (Wildman–Crippen LogP) is 1.52. The molecule has 4 heteroatoms. The normalized spacial score (nSPS) is 20.7. The van der Waals surface area contributed by atoms with Crippen LogP contribution in [0.5, 0.6) is 5.75 Å². The Kier molecular flexibility index (Phi) is 3.99. The summed E-state index contributed by atoms with van der Waals surface area (Å²) in [7, 11) is 3.62. The molecule has 1 unspecified atom stereocenters. The third-order valence-electron chi connectivity index (χ3n) is 3.26. The summed E-state index contributed by atoms with van der Waals surface area (Å²) >= 11 is 0. The largest absolute Gasteiger partial charge is 0.497 e. The van der Waals surface area contributed by atoms with Gasteiger partial charge < -0.3 is 14.4 Å². The number of hydrogen-bond acceptors (Lipinski definition) is 4. The van der Waals surface area contributed by atoms with Crippen LogP contribution in [-0.4, -0.2) is 50.6 Å². The average molecular weight is 249 g/mol. The molecule has 1 aromatic carbocycles. The lowest BCUT2D eigenvalue weighted by Crippen LogP contribution is -2.44. The van der Waals surface area contributed by atoms with E-state index in [2.05, 4.69) is 4.90 Å². The fraction of sp³-hybridized carbons (Fsp3) is 0.500. The lowest BCUT2D eigenvalue weighted by atomic mass is 10.00. The van der Waals surface area contributed by atoms with Crippen molar-refractivity contribution in [1.82, 2.24) is 4.90 Å². The smallest absolute Gasteiger partial charge is 0.193 e. The van der Waals surface area contributed by atoms with E-state index < -0.39 is 0 Å². The maximum absolute atomic E-state index is 12.4. The zero-order chi connectivity index (χ0) is 13.1. The molecule has 18 heavy (non-hydrogen) atoms. The molecule has 1 atom stereocenters. The molecule has 0 saturated carbocycles. The van der Waals surface area contributed by atoms with Gasteiger partial charge in [0.15, 0.2) is 5.78 Å². The van der Waals surface area contributed by atoms with E-state index in [4.69, 9.17) is 9.47 Å². The first-order chi connectivity index (χ1) is 8.61. The third kappa shape index (κ3) is 2.71. The Morgan fingerprint density at radius 1 is 1.50 bits per heavy atom. The summed E-state index contributed by atoms with van der Waals surface area (Å²) in [4.78, 5) is 14.5. The van der Waals surface area contributed by atoms with Gasteiger partial charge in [-0.1, -0.05) is 0 Å². The van der Waals surface area contributed by atoms with Crippen LogP contribution in [0.3, 0.4) is 0 Å². The third-order valence-corrected chi connectivity index (χ3v) is 3.26. The van der Waals surface area contributed by atoms with Gasteiger partial charge in [0.1, 0.15) is 11.9 Å². The van der Waals surface area contributed by atoms with Gasteiger partial charge in [-0.25, -0.2) is 0 Å². The molecule has 1 aromatic rings. The van der Waals surface area contributed by atoms with Crippen LogP contribution in [0.4, 0.5) is 0 Å². The highest BCUT2D eigenvalue weighted by molar-refractivity contribution is 6.01. The molecule has 1 aliphatic rings. The number of ketones is 1. The summed E-state index contributed by atoms with van der Waals surface area (Å²) in [5, 5.41) is 0. The first-order valence-corrected chi connectivity index (χ1v) is 6.11. The minimum atomic E-state index is -0.351. The summed E-state index contributed by atoms with van der Waals surface area (Å²) in [5.74, 6) is 0.826. The summed E-state index contributed by atoms with van der Waals surface area (Å²) in [6.45, 7) is 4.07. The molecule has 0 N–H and O–H groups in total.